The summed E-state index contributed by atoms with van der Waals surface area (Å²) >= 11 is 0. The van der Waals surface area contributed by atoms with Gasteiger partial charge in [0, 0.05) is 47.6 Å². The fraction of sp³-hybridized carbons (Fsp3) is 0.240. The molecule has 192 valence electrons. The van der Waals surface area contributed by atoms with E-state index in [1.54, 1.807) is 23.1 Å². The van der Waals surface area contributed by atoms with E-state index in [1.807, 2.05) is 0 Å². The van der Waals surface area contributed by atoms with Gasteiger partial charge >= 0.3 is 6.18 Å². The van der Waals surface area contributed by atoms with Crippen molar-refractivity contribution in [3.8, 4) is 16.9 Å². The Bertz CT molecular complexity index is 1510. The van der Waals surface area contributed by atoms with Crippen LogP contribution in [0.4, 0.5) is 17.6 Å². The Morgan fingerprint density at radius 1 is 1.05 bits per heavy atom. The molecular weight excluding hydrogens is 512 g/mol. The van der Waals surface area contributed by atoms with Crippen molar-refractivity contribution >= 4 is 27.6 Å². The summed E-state index contributed by atoms with van der Waals surface area (Å²) in [5.41, 5.74) is -0.181. The van der Waals surface area contributed by atoms with E-state index >= 15 is 0 Å². The molecule has 1 aliphatic heterocycles. The summed E-state index contributed by atoms with van der Waals surface area (Å²) in [7, 11) is -1.45. The average molecular weight is 533 g/mol. The number of hydrogen-bond acceptors (Lipinski definition) is 5. The molecule has 12 heteroatoms. The number of hydrogen-bond donors (Lipinski definition) is 0. The maximum absolute atomic E-state index is 14.4. The minimum atomic E-state index is -4.62. The normalized spacial score (nSPS) is 15.2. The topological polar surface area (TPSA) is 77.3 Å². The van der Waals surface area contributed by atoms with Gasteiger partial charge < -0.3 is 9.64 Å². The van der Waals surface area contributed by atoms with E-state index in [-0.39, 0.29) is 27.9 Å². The molecule has 0 spiro atoms. The third-order valence-corrected chi connectivity index (χ3v) is 6.88. The van der Waals surface area contributed by atoms with Gasteiger partial charge in [0.2, 0.25) is 0 Å². The Kier molecular flexibility index (Phi) is 6.54. The van der Waals surface area contributed by atoms with Crippen molar-refractivity contribution in [1.29, 1.82) is 0 Å². The second-order valence-electron chi connectivity index (χ2n) is 8.41. The summed E-state index contributed by atoms with van der Waals surface area (Å²) in [5, 5.41) is 5.28. The third-order valence-electron chi connectivity index (χ3n) is 6.03. The molecule has 7 nitrogen and oxygen atoms in total. The number of carbonyl (C=O) groups is 1. The van der Waals surface area contributed by atoms with Crippen LogP contribution in [0.25, 0.3) is 27.8 Å². The largest absolute Gasteiger partial charge is 0.416 e. The first-order valence-corrected chi connectivity index (χ1v) is 12.8. The van der Waals surface area contributed by atoms with Gasteiger partial charge in [-0.05, 0) is 48.5 Å². The standard InChI is InChI=1S/C25H20F4N4O3S/c1-37(35)23-18-5-2-15(24(34)32-8-10-36-11-9-32)12-21(18)33(31-23)22-7-3-16(14-30-22)19-13-17(25(27,28)29)4-6-20(19)26/h2-7,12-14H,8-11H2,1H3/t37-/m0/s1. The van der Waals surface area contributed by atoms with E-state index in [0.717, 1.165) is 12.1 Å². The number of benzene rings is 2. The number of fused-ring (bicyclic) bond motifs is 1. The van der Waals surface area contributed by atoms with Crippen LogP contribution in [0.2, 0.25) is 0 Å². The number of pyridine rings is 1. The predicted molar refractivity (Wildman–Crippen MR) is 128 cm³/mol. The molecule has 3 heterocycles. The van der Waals surface area contributed by atoms with Gasteiger partial charge in [-0.15, -0.1) is 0 Å². The van der Waals surface area contributed by atoms with Crippen LogP contribution in [0.3, 0.4) is 0 Å². The van der Waals surface area contributed by atoms with Gasteiger partial charge in [-0.2, -0.15) is 18.3 Å². The average Bonchev–Trinajstić information content (AvgIpc) is 3.28. The van der Waals surface area contributed by atoms with Gasteiger partial charge in [0.15, 0.2) is 10.8 Å². The van der Waals surface area contributed by atoms with Crippen LogP contribution < -0.4 is 0 Å². The summed E-state index contributed by atoms with van der Waals surface area (Å²) in [5.74, 6) is -0.740. The Balaban J connectivity index is 1.56. The van der Waals surface area contributed by atoms with Crippen LogP contribution in [-0.2, 0) is 21.7 Å². The lowest BCUT2D eigenvalue weighted by Gasteiger charge is -2.26. The number of rotatable bonds is 4. The fourth-order valence-electron chi connectivity index (χ4n) is 4.15. The third kappa shape index (κ3) is 4.86. The maximum atomic E-state index is 14.4. The zero-order chi connectivity index (χ0) is 26.3. The van der Waals surface area contributed by atoms with Crippen molar-refractivity contribution in [2.45, 2.75) is 11.2 Å². The van der Waals surface area contributed by atoms with Gasteiger partial charge in [0.05, 0.1) is 35.1 Å². The molecule has 1 atom stereocenters. The van der Waals surface area contributed by atoms with E-state index in [1.165, 1.54) is 29.3 Å². The summed E-state index contributed by atoms with van der Waals surface area (Å²) in [4.78, 5) is 19.0. The Hall–Kier alpha value is -3.64. The van der Waals surface area contributed by atoms with Crippen molar-refractivity contribution in [3.05, 3.63) is 71.7 Å². The molecule has 2 aromatic carbocycles. The number of ether oxygens (including phenoxy) is 1. The van der Waals surface area contributed by atoms with Crippen molar-refractivity contribution in [3.63, 3.8) is 0 Å². The summed E-state index contributed by atoms with van der Waals surface area (Å²) in [6, 6.07) is 10.0. The second kappa shape index (κ2) is 9.67. The summed E-state index contributed by atoms with van der Waals surface area (Å²) in [6.07, 6.45) is -1.90. The lowest BCUT2D eigenvalue weighted by Crippen LogP contribution is -2.40. The van der Waals surface area contributed by atoms with E-state index < -0.39 is 28.4 Å². The number of morpholine rings is 1. The molecule has 5 rings (SSSR count). The predicted octanol–water partition coefficient (Wildman–Crippen LogP) is 4.46. The first kappa shape index (κ1) is 25.0. The molecule has 0 radical (unpaired) electrons. The lowest BCUT2D eigenvalue weighted by atomic mass is 10.0. The molecule has 0 N–H and O–H groups in total. The smallest absolute Gasteiger partial charge is 0.378 e. The van der Waals surface area contributed by atoms with Crippen LogP contribution in [-0.4, -0.2) is 62.3 Å². The molecule has 1 fully saturated rings. The fourth-order valence-corrected chi connectivity index (χ4v) is 4.83. The molecule has 1 amide bonds. The van der Waals surface area contributed by atoms with Gasteiger partial charge in [-0.25, -0.2) is 14.1 Å². The lowest BCUT2D eigenvalue weighted by molar-refractivity contribution is -0.137. The van der Waals surface area contributed by atoms with E-state index in [0.29, 0.717) is 48.8 Å². The minimum absolute atomic E-state index is 0.145. The van der Waals surface area contributed by atoms with Crippen LogP contribution in [0.15, 0.2) is 59.8 Å². The number of alkyl halides is 3. The van der Waals surface area contributed by atoms with Crippen LogP contribution >= 0.6 is 0 Å². The molecule has 0 unspecified atom stereocenters. The van der Waals surface area contributed by atoms with Crippen molar-refractivity contribution in [2.24, 2.45) is 0 Å². The number of halogens is 4. The van der Waals surface area contributed by atoms with Gasteiger partial charge in [-0.1, -0.05) is 0 Å². The van der Waals surface area contributed by atoms with Crippen LogP contribution in [0.5, 0.6) is 0 Å². The summed E-state index contributed by atoms with van der Waals surface area (Å²) < 4.78 is 72.8. The van der Waals surface area contributed by atoms with Gasteiger partial charge in [0.25, 0.3) is 5.91 Å². The van der Waals surface area contributed by atoms with E-state index in [4.69, 9.17) is 4.74 Å². The van der Waals surface area contributed by atoms with E-state index in [9.17, 15) is 26.6 Å². The van der Waals surface area contributed by atoms with Crippen molar-refractivity contribution < 1.29 is 31.3 Å². The molecule has 1 aliphatic rings. The summed E-state index contributed by atoms with van der Waals surface area (Å²) in [6.45, 7) is 1.84. The first-order chi connectivity index (χ1) is 17.6. The Morgan fingerprint density at radius 2 is 1.81 bits per heavy atom. The molecule has 0 saturated carbocycles. The van der Waals surface area contributed by atoms with Crippen molar-refractivity contribution in [1.82, 2.24) is 19.7 Å². The molecule has 2 aromatic heterocycles. The number of nitrogens with zero attached hydrogens (tertiary/aromatic N) is 4. The molecule has 37 heavy (non-hydrogen) atoms. The highest BCUT2D eigenvalue weighted by Crippen LogP contribution is 2.34. The zero-order valence-corrected chi connectivity index (χ0v) is 20.3. The first-order valence-electron chi connectivity index (χ1n) is 11.2. The SMILES string of the molecule is C[S@](=O)c1nn(-c2ccc(-c3cc(C(F)(F)F)ccc3F)cn2)c2cc(C(=O)N3CCOCC3)ccc12. The van der Waals surface area contributed by atoms with Crippen molar-refractivity contribution in [2.75, 3.05) is 32.6 Å². The Labute approximate surface area is 211 Å². The molecule has 4 aromatic rings. The second-order valence-corrected chi connectivity index (χ2v) is 9.70. The molecular formula is C25H20F4N4O3S. The quantitative estimate of drug-likeness (QED) is 0.363. The number of carbonyl (C=O) groups excluding carboxylic acids is 1. The van der Waals surface area contributed by atoms with E-state index in [2.05, 4.69) is 10.1 Å². The molecule has 0 bridgehead atoms. The Morgan fingerprint density at radius 3 is 2.46 bits per heavy atom. The maximum Gasteiger partial charge on any atom is 0.416 e. The van der Waals surface area contributed by atoms with Gasteiger partial charge in [0.1, 0.15) is 5.82 Å². The zero-order valence-electron chi connectivity index (χ0n) is 19.5. The molecule has 1 saturated heterocycles. The minimum Gasteiger partial charge on any atom is -0.378 e. The van der Waals surface area contributed by atoms with Crippen LogP contribution in [0, 0.1) is 5.82 Å². The number of amides is 1. The molecule has 0 aliphatic carbocycles. The highest BCUT2D eigenvalue weighted by atomic mass is 32.2. The highest BCUT2D eigenvalue weighted by molar-refractivity contribution is 7.84. The highest BCUT2D eigenvalue weighted by Gasteiger charge is 2.31. The number of aromatic nitrogens is 3. The monoisotopic (exact) mass is 532 g/mol. The van der Waals surface area contributed by atoms with Gasteiger partial charge in [-0.3, -0.25) is 9.00 Å². The van der Waals surface area contributed by atoms with Crippen LogP contribution in [0.1, 0.15) is 15.9 Å².